The molecule has 2 fully saturated rings. The standard InChI is InChI=1S/C11H21NO2/c1-9(13)11-3-2-6-12(11)10-4-7-14-8-5-10/h9-11,13H,2-8H2,1H3/t9-,11-/m0/s1. The first-order valence-corrected chi connectivity index (χ1v) is 5.80. The minimum Gasteiger partial charge on any atom is -0.392 e. The second kappa shape index (κ2) is 4.60. The summed E-state index contributed by atoms with van der Waals surface area (Å²) in [5.74, 6) is 0. The second-order valence-electron chi connectivity index (χ2n) is 4.53. The molecule has 0 aromatic carbocycles. The first kappa shape index (κ1) is 10.4. The molecule has 0 amide bonds. The van der Waals surface area contributed by atoms with Crippen molar-refractivity contribution in [3.05, 3.63) is 0 Å². The molecule has 2 aliphatic rings. The molecule has 3 nitrogen and oxygen atoms in total. The van der Waals surface area contributed by atoms with Gasteiger partial charge in [-0.1, -0.05) is 0 Å². The summed E-state index contributed by atoms with van der Waals surface area (Å²) in [6.45, 7) is 4.88. The highest BCUT2D eigenvalue weighted by atomic mass is 16.5. The van der Waals surface area contributed by atoms with E-state index < -0.39 is 0 Å². The third-order valence-corrected chi connectivity index (χ3v) is 3.56. The van der Waals surface area contributed by atoms with Crippen molar-refractivity contribution in [1.82, 2.24) is 4.90 Å². The van der Waals surface area contributed by atoms with Crippen LogP contribution in [0.25, 0.3) is 0 Å². The maximum atomic E-state index is 9.68. The van der Waals surface area contributed by atoms with Gasteiger partial charge in [0, 0.05) is 25.3 Å². The van der Waals surface area contributed by atoms with E-state index in [9.17, 15) is 5.11 Å². The molecule has 0 spiro atoms. The van der Waals surface area contributed by atoms with Crippen LogP contribution < -0.4 is 0 Å². The Kier molecular flexibility index (Phi) is 3.42. The maximum absolute atomic E-state index is 9.68. The first-order valence-electron chi connectivity index (χ1n) is 5.80. The van der Waals surface area contributed by atoms with Crippen LogP contribution in [0.3, 0.4) is 0 Å². The van der Waals surface area contributed by atoms with Crippen LogP contribution >= 0.6 is 0 Å². The average Bonchev–Trinajstić information content (AvgIpc) is 2.67. The largest absolute Gasteiger partial charge is 0.392 e. The fourth-order valence-corrected chi connectivity index (χ4v) is 2.80. The van der Waals surface area contributed by atoms with Crippen LogP contribution in [-0.2, 0) is 4.74 Å². The van der Waals surface area contributed by atoms with Gasteiger partial charge in [0.1, 0.15) is 0 Å². The zero-order valence-electron chi connectivity index (χ0n) is 8.98. The van der Waals surface area contributed by atoms with Gasteiger partial charge in [0.25, 0.3) is 0 Å². The van der Waals surface area contributed by atoms with E-state index in [1.165, 1.54) is 13.0 Å². The lowest BCUT2D eigenvalue weighted by atomic mass is 10.0. The van der Waals surface area contributed by atoms with E-state index in [4.69, 9.17) is 4.74 Å². The maximum Gasteiger partial charge on any atom is 0.0667 e. The van der Waals surface area contributed by atoms with Crippen molar-refractivity contribution in [3.8, 4) is 0 Å². The van der Waals surface area contributed by atoms with Crippen molar-refractivity contribution >= 4 is 0 Å². The summed E-state index contributed by atoms with van der Waals surface area (Å²) in [5.41, 5.74) is 0. The Balaban J connectivity index is 1.94. The van der Waals surface area contributed by atoms with Crippen molar-refractivity contribution in [2.75, 3.05) is 19.8 Å². The predicted octanol–water partition coefficient (Wildman–Crippen LogP) is 1.01. The molecule has 0 aromatic rings. The van der Waals surface area contributed by atoms with Gasteiger partial charge in [0.15, 0.2) is 0 Å². The molecule has 0 saturated carbocycles. The molecule has 2 heterocycles. The fraction of sp³-hybridized carbons (Fsp3) is 1.00. The van der Waals surface area contributed by atoms with E-state index >= 15 is 0 Å². The van der Waals surface area contributed by atoms with E-state index in [0.717, 1.165) is 32.5 Å². The fourth-order valence-electron chi connectivity index (χ4n) is 2.80. The molecule has 0 bridgehead atoms. The highest BCUT2D eigenvalue weighted by molar-refractivity contribution is 4.88. The Morgan fingerprint density at radius 3 is 2.64 bits per heavy atom. The summed E-state index contributed by atoms with van der Waals surface area (Å²) >= 11 is 0. The average molecular weight is 199 g/mol. The molecular formula is C11H21NO2. The van der Waals surface area contributed by atoms with Gasteiger partial charge in [-0.05, 0) is 39.2 Å². The van der Waals surface area contributed by atoms with Gasteiger partial charge in [-0.15, -0.1) is 0 Å². The number of hydrogen-bond donors (Lipinski definition) is 1. The zero-order valence-corrected chi connectivity index (χ0v) is 8.98. The third-order valence-electron chi connectivity index (χ3n) is 3.56. The van der Waals surface area contributed by atoms with Crippen molar-refractivity contribution in [2.45, 2.75) is 50.8 Å². The van der Waals surface area contributed by atoms with E-state index in [1.54, 1.807) is 0 Å². The summed E-state index contributed by atoms with van der Waals surface area (Å²) in [6.07, 6.45) is 4.51. The summed E-state index contributed by atoms with van der Waals surface area (Å²) in [5, 5.41) is 9.68. The highest BCUT2D eigenvalue weighted by Gasteiger charge is 2.33. The lowest BCUT2D eigenvalue weighted by Crippen LogP contribution is -2.46. The second-order valence-corrected chi connectivity index (χ2v) is 4.53. The number of rotatable bonds is 2. The molecule has 2 saturated heterocycles. The highest BCUT2D eigenvalue weighted by Crippen LogP contribution is 2.26. The van der Waals surface area contributed by atoms with Crippen LogP contribution in [0.2, 0.25) is 0 Å². The van der Waals surface area contributed by atoms with Gasteiger partial charge in [-0.3, -0.25) is 4.90 Å². The van der Waals surface area contributed by atoms with Gasteiger partial charge >= 0.3 is 0 Å². The summed E-state index contributed by atoms with van der Waals surface area (Å²) < 4.78 is 5.37. The van der Waals surface area contributed by atoms with Gasteiger partial charge < -0.3 is 9.84 Å². The molecular weight excluding hydrogens is 178 g/mol. The van der Waals surface area contributed by atoms with Crippen LogP contribution in [0.4, 0.5) is 0 Å². The number of likely N-dealkylation sites (tertiary alicyclic amines) is 1. The number of nitrogens with zero attached hydrogens (tertiary/aromatic N) is 1. The van der Waals surface area contributed by atoms with Crippen molar-refractivity contribution in [2.24, 2.45) is 0 Å². The number of ether oxygens (including phenoxy) is 1. The van der Waals surface area contributed by atoms with Crippen LogP contribution in [0.5, 0.6) is 0 Å². The molecule has 3 heteroatoms. The Morgan fingerprint density at radius 1 is 1.29 bits per heavy atom. The quantitative estimate of drug-likeness (QED) is 0.720. The van der Waals surface area contributed by atoms with Crippen LogP contribution in [-0.4, -0.2) is 48.0 Å². The summed E-state index contributed by atoms with van der Waals surface area (Å²) in [7, 11) is 0. The number of aliphatic hydroxyl groups excluding tert-OH is 1. The summed E-state index contributed by atoms with van der Waals surface area (Å²) in [6, 6.07) is 1.06. The van der Waals surface area contributed by atoms with E-state index in [2.05, 4.69) is 4.90 Å². The number of aliphatic hydroxyl groups is 1. The molecule has 2 atom stereocenters. The first-order chi connectivity index (χ1) is 6.79. The lowest BCUT2D eigenvalue weighted by molar-refractivity contribution is 0.00268. The molecule has 0 aliphatic carbocycles. The molecule has 82 valence electrons. The Labute approximate surface area is 86.0 Å². The molecule has 0 aromatic heterocycles. The van der Waals surface area contributed by atoms with E-state index in [-0.39, 0.29) is 6.10 Å². The Hall–Kier alpha value is -0.120. The van der Waals surface area contributed by atoms with E-state index in [1.807, 2.05) is 6.92 Å². The molecule has 1 N–H and O–H groups in total. The van der Waals surface area contributed by atoms with Crippen molar-refractivity contribution in [3.63, 3.8) is 0 Å². The summed E-state index contributed by atoms with van der Waals surface area (Å²) in [4.78, 5) is 2.51. The topological polar surface area (TPSA) is 32.7 Å². The van der Waals surface area contributed by atoms with Gasteiger partial charge in [0.2, 0.25) is 0 Å². The minimum atomic E-state index is -0.180. The molecule has 14 heavy (non-hydrogen) atoms. The molecule has 2 rings (SSSR count). The minimum absolute atomic E-state index is 0.180. The van der Waals surface area contributed by atoms with E-state index in [0.29, 0.717) is 12.1 Å². The number of hydrogen-bond acceptors (Lipinski definition) is 3. The SMILES string of the molecule is C[C@H](O)[C@@H]1CCCN1C1CCOCC1. The molecule has 2 aliphatic heterocycles. The normalized spacial score (nSPS) is 33.4. The zero-order chi connectivity index (χ0) is 9.97. The van der Waals surface area contributed by atoms with Crippen LogP contribution in [0, 0.1) is 0 Å². The Morgan fingerprint density at radius 2 is 2.00 bits per heavy atom. The van der Waals surface area contributed by atoms with Crippen LogP contribution in [0.1, 0.15) is 32.6 Å². The Bertz CT molecular complexity index is 178. The smallest absolute Gasteiger partial charge is 0.0667 e. The monoisotopic (exact) mass is 199 g/mol. The lowest BCUT2D eigenvalue weighted by Gasteiger charge is -2.36. The van der Waals surface area contributed by atoms with Crippen LogP contribution in [0.15, 0.2) is 0 Å². The predicted molar refractivity (Wildman–Crippen MR) is 55.2 cm³/mol. The molecule has 0 radical (unpaired) electrons. The van der Waals surface area contributed by atoms with Gasteiger partial charge in [0.05, 0.1) is 6.10 Å². The molecule has 0 unspecified atom stereocenters. The van der Waals surface area contributed by atoms with Crippen molar-refractivity contribution < 1.29 is 9.84 Å². The third kappa shape index (κ3) is 2.10. The van der Waals surface area contributed by atoms with Crippen molar-refractivity contribution in [1.29, 1.82) is 0 Å². The van der Waals surface area contributed by atoms with Gasteiger partial charge in [-0.25, -0.2) is 0 Å². The van der Waals surface area contributed by atoms with Gasteiger partial charge in [-0.2, -0.15) is 0 Å².